The summed E-state index contributed by atoms with van der Waals surface area (Å²) in [5.74, 6) is -1.10. The molecule has 1 heterocycles. The maximum atomic E-state index is 13.0. The number of benzene rings is 2. The highest BCUT2D eigenvalue weighted by Crippen LogP contribution is 2.35. The summed E-state index contributed by atoms with van der Waals surface area (Å²) < 4.78 is 17.8. The average Bonchev–Trinajstić information content (AvgIpc) is 3.19. The molecule has 2 aromatic carbocycles. The lowest BCUT2D eigenvalue weighted by atomic mass is 10.1. The summed E-state index contributed by atoms with van der Waals surface area (Å²) in [6.45, 7) is 8.00. The number of carbonyl (C=O) groups excluding carboxylic acids is 1. The smallest absolute Gasteiger partial charge is 0.278 e. The Morgan fingerprint density at radius 1 is 1.06 bits per heavy atom. The average molecular weight is 471 g/mol. The molecule has 0 saturated heterocycles. The number of furan rings is 1. The number of non-ortho nitro benzene ring substituents is 1. The van der Waals surface area contributed by atoms with Gasteiger partial charge in [-0.1, -0.05) is 50.9 Å². The van der Waals surface area contributed by atoms with Gasteiger partial charge in [-0.3, -0.25) is 14.9 Å². The van der Waals surface area contributed by atoms with Gasteiger partial charge in [0, 0.05) is 23.8 Å². The van der Waals surface area contributed by atoms with E-state index in [1.165, 1.54) is 24.3 Å². The van der Waals surface area contributed by atoms with E-state index < -0.39 is 22.6 Å². The lowest BCUT2D eigenvalue weighted by Crippen LogP contribution is -2.12. The summed E-state index contributed by atoms with van der Waals surface area (Å²) in [6, 6.07) is 7.44. The molecule has 0 bridgehead atoms. The largest absolute Gasteiger partial charge is 0.507 e. The van der Waals surface area contributed by atoms with E-state index in [0.29, 0.717) is 0 Å². The maximum absolute atomic E-state index is 13.0. The zero-order valence-corrected chi connectivity index (χ0v) is 18.7. The molecule has 0 aliphatic carbocycles. The third-order valence-electron chi connectivity index (χ3n) is 3.58. The molecule has 0 atom stereocenters. The SMILES string of the molecule is CC.CC.O=C(Nc1ccc([N+](=O)[O-])cc1Cl)c1cc(Cl)c(-c2ccc(F)o2)cc1O. The number of phenols is 1. The van der Waals surface area contributed by atoms with E-state index in [1.807, 2.05) is 27.7 Å². The molecule has 10 heteroatoms. The van der Waals surface area contributed by atoms with E-state index in [9.17, 15) is 24.4 Å². The van der Waals surface area contributed by atoms with Crippen LogP contribution in [0.1, 0.15) is 38.1 Å². The van der Waals surface area contributed by atoms with Crippen LogP contribution in [-0.4, -0.2) is 15.9 Å². The van der Waals surface area contributed by atoms with Crippen molar-refractivity contribution in [2.75, 3.05) is 5.32 Å². The van der Waals surface area contributed by atoms with Gasteiger partial charge in [-0.2, -0.15) is 4.39 Å². The molecule has 0 spiro atoms. The van der Waals surface area contributed by atoms with Crippen molar-refractivity contribution in [2.45, 2.75) is 27.7 Å². The topological polar surface area (TPSA) is 106 Å². The summed E-state index contributed by atoms with van der Waals surface area (Å²) in [5, 5.41) is 23.3. The monoisotopic (exact) mass is 470 g/mol. The van der Waals surface area contributed by atoms with Gasteiger partial charge in [0.25, 0.3) is 17.6 Å². The number of rotatable bonds is 4. The molecule has 0 fully saturated rings. The molecule has 31 heavy (non-hydrogen) atoms. The van der Waals surface area contributed by atoms with Crippen LogP contribution in [0.5, 0.6) is 5.75 Å². The molecule has 3 aromatic rings. The third-order valence-corrected chi connectivity index (χ3v) is 4.21. The molecule has 0 aliphatic rings. The number of anilines is 1. The highest BCUT2D eigenvalue weighted by atomic mass is 35.5. The first-order valence-electron chi connectivity index (χ1n) is 9.30. The zero-order valence-electron chi connectivity index (χ0n) is 17.2. The fourth-order valence-corrected chi connectivity index (χ4v) is 2.78. The molecule has 0 unspecified atom stereocenters. The number of amides is 1. The number of hydrogen-bond donors (Lipinski definition) is 2. The van der Waals surface area contributed by atoms with Crippen molar-refractivity contribution in [2.24, 2.45) is 0 Å². The van der Waals surface area contributed by atoms with Gasteiger partial charge in [0.15, 0.2) is 0 Å². The summed E-state index contributed by atoms with van der Waals surface area (Å²) in [5.41, 5.74) is -0.105. The Labute approximate surface area is 188 Å². The Hall–Kier alpha value is -3.10. The predicted octanol–water partition coefficient (Wildman–Crippen LogP) is 7.31. The van der Waals surface area contributed by atoms with E-state index in [1.54, 1.807) is 0 Å². The second kappa shape index (κ2) is 11.9. The normalized spacial score (nSPS) is 9.65. The number of nitro benzene ring substituents is 1. The molecule has 0 saturated carbocycles. The molecule has 1 amide bonds. The van der Waals surface area contributed by atoms with E-state index in [2.05, 4.69) is 5.32 Å². The number of phenolic OH excluding ortho intramolecular Hbond substituents is 1. The van der Waals surface area contributed by atoms with Crippen molar-refractivity contribution >= 4 is 40.5 Å². The minimum Gasteiger partial charge on any atom is -0.507 e. The first kappa shape index (κ1) is 25.9. The molecule has 1 aromatic heterocycles. The van der Waals surface area contributed by atoms with Crippen LogP contribution in [0.4, 0.5) is 15.8 Å². The van der Waals surface area contributed by atoms with Gasteiger partial charge in [-0.25, -0.2) is 0 Å². The lowest BCUT2D eigenvalue weighted by Gasteiger charge is -2.10. The second-order valence-electron chi connectivity index (χ2n) is 5.33. The third kappa shape index (κ3) is 6.44. The Kier molecular flexibility index (Phi) is 9.98. The summed E-state index contributed by atoms with van der Waals surface area (Å²) >= 11 is 12.0. The molecule has 7 nitrogen and oxygen atoms in total. The summed E-state index contributed by atoms with van der Waals surface area (Å²) in [4.78, 5) is 22.5. The van der Waals surface area contributed by atoms with Crippen molar-refractivity contribution in [1.82, 2.24) is 0 Å². The fraction of sp³-hybridized carbons (Fsp3) is 0.190. The number of nitro groups is 1. The molecule has 3 rings (SSSR count). The summed E-state index contributed by atoms with van der Waals surface area (Å²) in [6.07, 6.45) is 0. The molecule has 166 valence electrons. The number of aromatic hydroxyl groups is 1. The van der Waals surface area contributed by atoms with Crippen molar-refractivity contribution in [3.8, 4) is 17.1 Å². The minimum atomic E-state index is -0.824. The van der Waals surface area contributed by atoms with E-state index >= 15 is 0 Å². The quantitative estimate of drug-likeness (QED) is 0.307. The number of nitrogens with one attached hydrogen (secondary N) is 1. The second-order valence-corrected chi connectivity index (χ2v) is 6.14. The summed E-state index contributed by atoms with van der Waals surface area (Å²) in [7, 11) is 0. The van der Waals surface area contributed by atoms with Gasteiger partial charge in [-0.05, 0) is 24.3 Å². The highest BCUT2D eigenvalue weighted by Gasteiger charge is 2.19. The molecule has 2 N–H and O–H groups in total. The predicted molar refractivity (Wildman–Crippen MR) is 120 cm³/mol. The van der Waals surface area contributed by atoms with Crippen LogP contribution in [0.15, 0.2) is 46.9 Å². The van der Waals surface area contributed by atoms with Crippen molar-refractivity contribution in [1.29, 1.82) is 0 Å². The van der Waals surface area contributed by atoms with Gasteiger partial charge < -0.3 is 14.8 Å². The van der Waals surface area contributed by atoms with Crippen LogP contribution in [0.3, 0.4) is 0 Å². The Morgan fingerprint density at radius 2 is 1.71 bits per heavy atom. The van der Waals surface area contributed by atoms with Gasteiger partial charge in [0.1, 0.15) is 11.5 Å². The number of nitrogens with zero attached hydrogens (tertiary/aromatic N) is 1. The van der Waals surface area contributed by atoms with Gasteiger partial charge in [0.05, 0.1) is 26.2 Å². The highest BCUT2D eigenvalue weighted by molar-refractivity contribution is 6.35. The van der Waals surface area contributed by atoms with Gasteiger partial charge >= 0.3 is 0 Å². The van der Waals surface area contributed by atoms with Crippen LogP contribution in [0.25, 0.3) is 11.3 Å². The number of carbonyl (C=O) groups is 1. The first-order valence-corrected chi connectivity index (χ1v) is 10.1. The fourth-order valence-electron chi connectivity index (χ4n) is 2.30. The Bertz CT molecular complexity index is 1070. The molecular weight excluding hydrogens is 450 g/mol. The minimum absolute atomic E-state index is 0.0436. The van der Waals surface area contributed by atoms with Crippen LogP contribution in [0.2, 0.25) is 10.0 Å². The molecule has 0 aliphatic heterocycles. The van der Waals surface area contributed by atoms with E-state index in [0.717, 1.165) is 18.2 Å². The lowest BCUT2D eigenvalue weighted by molar-refractivity contribution is -0.384. The van der Waals surface area contributed by atoms with Gasteiger partial charge in [-0.15, -0.1) is 0 Å². The van der Waals surface area contributed by atoms with Crippen LogP contribution in [0, 0.1) is 16.1 Å². The Balaban J connectivity index is 0.00000113. The van der Waals surface area contributed by atoms with Gasteiger partial charge in [0.2, 0.25) is 0 Å². The van der Waals surface area contributed by atoms with Crippen LogP contribution in [-0.2, 0) is 0 Å². The zero-order chi connectivity index (χ0) is 23.7. The number of halogens is 3. The Morgan fingerprint density at radius 3 is 2.23 bits per heavy atom. The number of hydrogen-bond acceptors (Lipinski definition) is 5. The van der Waals surface area contributed by atoms with Crippen molar-refractivity contribution in [3.63, 3.8) is 0 Å². The van der Waals surface area contributed by atoms with E-state index in [-0.39, 0.29) is 38.3 Å². The molecule has 0 radical (unpaired) electrons. The first-order chi connectivity index (χ1) is 14.8. The van der Waals surface area contributed by atoms with Crippen molar-refractivity contribution < 1.29 is 23.6 Å². The van der Waals surface area contributed by atoms with Crippen LogP contribution < -0.4 is 5.32 Å². The molecular formula is C21H21Cl2FN2O5. The van der Waals surface area contributed by atoms with Crippen molar-refractivity contribution in [3.05, 3.63) is 74.2 Å². The van der Waals surface area contributed by atoms with Crippen LogP contribution >= 0.6 is 23.2 Å². The maximum Gasteiger partial charge on any atom is 0.278 e. The van der Waals surface area contributed by atoms with E-state index in [4.69, 9.17) is 27.6 Å². The standard InChI is InChI=1S/C17H9Cl2FN2O5.2C2H6/c18-11-6-10(14(23)7-9(11)15-3-4-16(20)27-15)17(24)21-13-2-1-8(22(25)26)5-12(13)19;2*1-2/h1-7,23H,(H,21,24);2*1-2H3.